The summed E-state index contributed by atoms with van der Waals surface area (Å²) >= 11 is 1.72. The van der Waals surface area contributed by atoms with Crippen LogP contribution in [0.4, 0.5) is 11.4 Å². The molecule has 0 fully saturated rings. The number of rotatable bonds is 3. The van der Waals surface area contributed by atoms with E-state index in [1.165, 1.54) is 4.88 Å². The van der Waals surface area contributed by atoms with Crippen LogP contribution < -0.4 is 11.1 Å². The lowest BCUT2D eigenvalue weighted by atomic mass is 10.2. The Labute approximate surface area is 99.3 Å². The van der Waals surface area contributed by atoms with Crippen LogP contribution in [0.5, 0.6) is 0 Å². The van der Waals surface area contributed by atoms with Gasteiger partial charge < -0.3 is 11.1 Å². The summed E-state index contributed by atoms with van der Waals surface area (Å²) < 4.78 is 0. The summed E-state index contributed by atoms with van der Waals surface area (Å²) in [6.07, 6.45) is 1.91. The second kappa shape index (κ2) is 4.53. The van der Waals surface area contributed by atoms with Crippen molar-refractivity contribution in [3.05, 3.63) is 39.8 Å². The van der Waals surface area contributed by atoms with E-state index < -0.39 is 0 Å². The third-order valence-corrected chi connectivity index (χ3v) is 3.32. The van der Waals surface area contributed by atoms with Gasteiger partial charge in [-0.05, 0) is 37.6 Å². The molecule has 0 atom stereocenters. The van der Waals surface area contributed by atoms with Crippen LogP contribution in [0.3, 0.4) is 0 Å². The van der Waals surface area contributed by atoms with Crippen molar-refractivity contribution in [3.63, 3.8) is 0 Å². The minimum atomic E-state index is 0.814. The third-order valence-electron chi connectivity index (χ3n) is 2.41. The molecular weight excluding hydrogens is 218 g/mol. The first-order chi connectivity index (χ1) is 7.65. The number of thiazole rings is 1. The molecule has 0 bridgehead atoms. The summed E-state index contributed by atoms with van der Waals surface area (Å²) in [5.74, 6) is 0. The predicted octanol–water partition coefficient (Wildman–Crippen LogP) is 2.95. The Kier molecular flexibility index (Phi) is 3.10. The normalized spacial score (nSPS) is 10.4. The van der Waals surface area contributed by atoms with E-state index in [2.05, 4.69) is 16.4 Å². The van der Waals surface area contributed by atoms with Crippen LogP contribution in [0.15, 0.2) is 24.4 Å². The minimum Gasteiger partial charge on any atom is -0.399 e. The number of nitrogens with zero attached hydrogens (tertiary/aromatic N) is 1. The lowest BCUT2D eigenvalue weighted by Crippen LogP contribution is -1.98. The highest BCUT2D eigenvalue weighted by Crippen LogP contribution is 2.18. The Hall–Kier alpha value is -1.55. The van der Waals surface area contributed by atoms with E-state index in [1.807, 2.05) is 32.2 Å². The van der Waals surface area contributed by atoms with E-state index in [1.54, 1.807) is 11.3 Å². The van der Waals surface area contributed by atoms with E-state index >= 15 is 0 Å². The third kappa shape index (κ3) is 2.52. The molecule has 0 amide bonds. The van der Waals surface area contributed by atoms with Gasteiger partial charge >= 0.3 is 0 Å². The van der Waals surface area contributed by atoms with Crippen molar-refractivity contribution in [2.24, 2.45) is 0 Å². The minimum absolute atomic E-state index is 0.814. The summed E-state index contributed by atoms with van der Waals surface area (Å²) in [5, 5.41) is 4.46. The summed E-state index contributed by atoms with van der Waals surface area (Å²) in [6.45, 7) is 4.84. The Balaban J connectivity index is 2.02. The predicted molar refractivity (Wildman–Crippen MR) is 69.8 cm³/mol. The maximum atomic E-state index is 5.76. The molecule has 0 spiro atoms. The second-order valence-electron chi connectivity index (χ2n) is 3.77. The first-order valence-corrected chi connectivity index (χ1v) is 5.98. The Morgan fingerprint density at radius 1 is 1.38 bits per heavy atom. The van der Waals surface area contributed by atoms with E-state index in [0.717, 1.165) is 28.5 Å². The molecule has 2 aromatic rings. The van der Waals surface area contributed by atoms with Crippen LogP contribution in [0.1, 0.15) is 15.4 Å². The average molecular weight is 233 g/mol. The number of hydrogen-bond donors (Lipinski definition) is 2. The van der Waals surface area contributed by atoms with E-state index in [-0.39, 0.29) is 0 Å². The van der Waals surface area contributed by atoms with Crippen LogP contribution in [-0.4, -0.2) is 4.98 Å². The van der Waals surface area contributed by atoms with E-state index in [4.69, 9.17) is 5.73 Å². The van der Waals surface area contributed by atoms with Crippen molar-refractivity contribution >= 4 is 22.7 Å². The van der Waals surface area contributed by atoms with Crippen LogP contribution >= 0.6 is 11.3 Å². The van der Waals surface area contributed by atoms with Gasteiger partial charge in [-0.1, -0.05) is 0 Å². The van der Waals surface area contributed by atoms with Gasteiger partial charge in [0.05, 0.1) is 11.6 Å². The first-order valence-electron chi connectivity index (χ1n) is 5.16. The van der Waals surface area contributed by atoms with Crippen LogP contribution in [-0.2, 0) is 6.54 Å². The van der Waals surface area contributed by atoms with Crippen molar-refractivity contribution in [2.45, 2.75) is 20.4 Å². The number of aromatic nitrogens is 1. The molecule has 0 saturated carbocycles. The standard InChI is InChI=1S/C12H15N3S/c1-8-5-10(3-4-12(8)13)15-7-11-6-14-9(2)16-11/h3-6,15H,7,13H2,1-2H3. The van der Waals surface area contributed by atoms with Gasteiger partial charge in [0, 0.05) is 22.4 Å². The first kappa shape index (κ1) is 11.0. The van der Waals surface area contributed by atoms with Crippen LogP contribution in [0, 0.1) is 13.8 Å². The maximum Gasteiger partial charge on any atom is 0.0897 e. The quantitative estimate of drug-likeness (QED) is 0.801. The molecule has 0 aliphatic heterocycles. The molecule has 3 N–H and O–H groups in total. The Morgan fingerprint density at radius 3 is 2.81 bits per heavy atom. The summed E-state index contributed by atoms with van der Waals surface area (Å²) in [6, 6.07) is 5.98. The van der Waals surface area contributed by atoms with E-state index in [9.17, 15) is 0 Å². The van der Waals surface area contributed by atoms with Crippen molar-refractivity contribution in [1.82, 2.24) is 4.98 Å². The van der Waals surface area contributed by atoms with Gasteiger partial charge in [-0.3, -0.25) is 0 Å². The molecule has 0 saturated heterocycles. The number of nitrogen functional groups attached to an aromatic ring is 1. The average Bonchev–Trinajstić information content (AvgIpc) is 2.66. The summed E-state index contributed by atoms with van der Waals surface area (Å²) in [7, 11) is 0. The molecule has 1 aromatic heterocycles. The van der Waals surface area contributed by atoms with Gasteiger partial charge in [-0.25, -0.2) is 4.98 Å². The molecule has 0 aliphatic rings. The molecule has 3 nitrogen and oxygen atoms in total. The van der Waals surface area contributed by atoms with Gasteiger partial charge in [-0.2, -0.15) is 0 Å². The molecule has 1 aromatic carbocycles. The monoisotopic (exact) mass is 233 g/mol. The van der Waals surface area contributed by atoms with Gasteiger partial charge in [0.2, 0.25) is 0 Å². The summed E-state index contributed by atoms with van der Waals surface area (Å²) in [4.78, 5) is 5.46. The molecule has 0 radical (unpaired) electrons. The fourth-order valence-electron chi connectivity index (χ4n) is 1.46. The highest BCUT2D eigenvalue weighted by atomic mass is 32.1. The largest absolute Gasteiger partial charge is 0.399 e. The smallest absolute Gasteiger partial charge is 0.0897 e. The second-order valence-corrected chi connectivity index (χ2v) is 5.09. The fourth-order valence-corrected chi connectivity index (χ4v) is 2.20. The molecule has 0 unspecified atom stereocenters. The molecule has 16 heavy (non-hydrogen) atoms. The van der Waals surface area contributed by atoms with E-state index in [0.29, 0.717) is 0 Å². The molecular formula is C12H15N3S. The topological polar surface area (TPSA) is 50.9 Å². The van der Waals surface area contributed by atoms with Crippen molar-refractivity contribution in [3.8, 4) is 0 Å². The molecule has 1 heterocycles. The molecule has 84 valence electrons. The number of nitrogens with two attached hydrogens (primary N) is 1. The zero-order valence-electron chi connectivity index (χ0n) is 9.45. The van der Waals surface area contributed by atoms with Gasteiger partial charge in [0.15, 0.2) is 0 Å². The van der Waals surface area contributed by atoms with Crippen LogP contribution in [0.2, 0.25) is 0 Å². The zero-order valence-corrected chi connectivity index (χ0v) is 10.3. The molecule has 2 rings (SSSR count). The van der Waals surface area contributed by atoms with Crippen molar-refractivity contribution < 1.29 is 0 Å². The van der Waals surface area contributed by atoms with Gasteiger partial charge in [0.25, 0.3) is 0 Å². The van der Waals surface area contributed by atoms with Gasteiger partial charge in [-0.15, -0.1) is 11.3 Å². The van der Waals surface area contributed by atoms with Crippen molar-refractivity contribution in [2.75, 3.05) is 11.1 Å². The van der Waals surface area contributed by atoms with Crippen LogP contribution in [0.25, 0.3) is 0 Å². The number of nitrogens with one attached hydrogen (secondary N) is 1. The fraction of sp³-hybridized carbons (Fsp3) is 0.250. The maximum absolute atomic E-state index is 5.76. The number of aryl methyl sites for hydroxylation is 2. The highest BCUT2D eigenvalue weighted by molar-refractivity contribution is 7.11. The molecule has 4 heteroatoms. The molecule has 0 aliphatic carbocycles. The lowest BCUT2D eigenvalue weighted by Gasteiger charge is -2.07. The van der Waals surface area contributed by atoms with Crippen molar-refractivity contribution in [1.29, 1.82) is 0 Å². The summed E-state index contributed by atoms with van der Waals surface area (Å²) in [5.41, 5.74) is 8.79. The highest BCUT2D eigenvalue weighted by Gasteiger charge is 1.99. The number of anilines is 2. The Bertz CT molecular complexity index is 491. The number of benzene rings is 1. The number of hydrogen-bond acceptors (Lipinski definition) is 4. The van der Waals surface area contributed by atoms with Gasteiger partial charge in [0.1, 0.15) is 0 Å². The Morgan fingerprint density at radius 2 is 2.19 bits per heavy atom. The SMILES string of the molecule is Cc1ncc(CNc2ccc(N)c(C)c2)s1. The zero-order chi connectivity index (χ0) is 11.5. The lowest BCUT2D eigenvalue weighted by molar-refractivity contribution is 1.17.